The Balaban J connectivity index is 2.11. The first-order valence-corrected chi connectivity index (χ1v) is 10.5. The molecule has 1 unspecified atom stereocenters. The highest BCUT2D eigenvalue weighted by Crippen LogP contribution is 2.30. The summed E-state index contributed by atoms with van der Waals surface area (Å²) in [7, 11) is 0. The molecular formula is C22H32BrNO. The summed E-state index contributed by atoms with van der Waals surface area (Å²) in [4.78, 5) is 2.45. The Kier molecular flexibility index (Phi) is 8.94. The number of fused-ring (bicyclic) bond motifs is 1. The monoisotopic (exact) mass is 405 g/mol. The fourth-order valence-electron chi connectivity index (χ4n) is 3.38. The van der Waals surface area contributed by atoms with E-state index < -0.39 is 6.10 Å². The number of hydrogen-bond acceptors (Lipinski definition) is 2. The van der Waals surface area contributed by atoms with Gasteiger partial charge in [0.2, 0.25) is 0 Å². The standard InChI is InChI=1S/C22H32BrNO/c1-3-5-9-15-24(16-10-6-4-2)17-22(25)20-13-14-21(23)19-12-8-7-11-18(19)20/h7-8,11-14,22,25H,3-6,9-10,15-17H2,1-2H3. The second kappa shape index (κ2) is 10.9. The number of unbranched alkanes of at least 4 members (excludes halogenated alkanes) is 4. The fourth-order valence-corrected chi connectivity index (χ4v) is 3.86. The van der Waals surface area contributed by atoms with Crippen LogP contribution in [0.5, 0.6) is 0 Å². The third-order valence-electron chi connectivity index (χ3n) is 4.85. The summed E-state index contributed by atoms with van der Waals surface area (Å²) >= 11 is 3.62. The number of benzene rings is 2. The van der Waals surface area contributed by atoms with Crippen molar-refractivity contribution in [1.29, 1.82) is 0 Å². The van der Waals surface area contributed by atoms with E-state index in [4.69, 9.17) is 0 Å². The van der Waals surface area contributed by atoms with Crippen molar-refractivity contribution in [2.24, 2.45) is 0 Å². The van der Waals surface area contributed by atoms with E-state index in [9.17, 15) is 5.11 Å². The van der Waals surface area contributed by atoms with Gasteiger partial charge in [-0.25, -0.2) is 0 Å². The van der Waals surface area contributed by atoms with Gasteiger partial charge >= 0.3 is 0 Å². The first kappa shape index (κ1) is 20.4. The van der Waals surface area contributed by atoms with Gasteiger partial charge in [-0.1, -0.05) is 85.8 Å². The minimum Gasteiger partial charge on any atom is -0.387 e. The third-order valence-corrected chi connectivity index (χ3v) is 5.54. The van der Waals surface area contributed by atoms with Crippen molar-refractivity contribution in [2.75, 3.05) is 19.6 Å². The number of rotatable bonds is 11. The molecule has 2 aromatic rings. The Morgan fingerprint density at radius 2 is 1.48 bits per heavy atom. The lowest BCUT2D eigenvalue weighted by atomic mass is 10.00. The van der Waals surface area contributed by atoms with E-state index in [0.717, 1.165) is 35.1 Å². The van der Waals surface area contributed by atoms with Crippen molar-refractivity contribution in [2.45, 2.75) is 58.5 Å². The zero-order valence-corrected chi connectivity index (χ0v) is 17.3. The predicted octanol–water partition coefficient (Wildman–Crippen LogP) is 6.32. The van der Waals surface area contributed by atoms with Gasteiger partial charge in [0.1, 0.15) is 0 Å². The molecule has 2 rings (SSSR count). The zero-order chi connectivity index (χ0) is 18.1. The van der Waals surface area contributed by atoms with Crippen LogP contribution in [0.15, 0.2) is 40.9 Å². The Morgan fingerprint density at radius 3 is 2.08 bits per heavy atom. The topological polar surface area (TPSA) is 23.5 Å². The molecule has 138 valence electrons. The zero-order valence-electron chi connectivity index (χ0n) is 15.7. The van der Waals surface area contributed by atoms with Gasteiger partial charge in [-0.2, -0.15) is 0 Å². The maximum atomic E-state index is 10.9. The van der Waals surface area contributed by atoms with E-state index in [2.05, 4.69) is 58.9 Å². The molecule has 2 nitrogen and oxygen atoms in total. The molecule has 0 spiro atoms. The van der Waals surface area contributed by atoms with Crippen LogP contribution in [0.25, 0.3) is 10.8 Å². The molecule has 3 heteroatoms. The molecule has 0 aliphatic rings. The molecule has 25 heavy (non-hydrogen) atoms. The Hall–Kier alpha value is -0.900. The molecule has 0 aliphatic carbocycles. The lowest BCUT2D eigenvalue weighted by Gasteiger charge is -2.26. The van der Waals surface area contributed by atoms with Crippen molar-refractivity contribution in [3.8, 4) is 0 Å². The van der Waals surface area contributed by atoms with Gasteiger partial charge in [0.05, 0.1) is 6.10 Å². The summed E-state index contributed by atoms with van der Waals surface area (Å²) in [5.74, 6) is 0. The smallest absolute Gasteiger partial charge is 0.0922 e. The normalized spacial score (nSPS) is 12.8. The van der Waals surface area contributed by atoms with E-state index >= 15 is 0 Å². The van der Waals surface area contributed by atoms with Crippen LogP contribution in [-0.2, 0) is 0 Å². The van der Waals surface area contributed by atoms with Gasteiger partial charge in [0.25, 0.3) is 0 Å². The molecule has 1 N–H and O–H groups in total. The largest absolute Gasteiger partial charge is 0.387 e. The third kappa shape index (κ3) is 6.09. The van der Waals surface area contributed by atoms with Crippen LogP contribution in [0.1, 0.15) is 64.0 Å². The Morgan fingerprint density at radius 1 is 0.880 bits per heavy atom. The molecule has 0 aromatic heterocycles. The lowest BCUT2D eigenvalue weighted by molar-refractivity contribution is 0.111. The van der Waals surface area contributed by atoms with Gasteiger partial charge in [0.15, 0.2) is 0 Å². The summed E-state index contributed by atoms with van der Waals surface area (Å²) < 4.78 is 1.08. The molecule has 0 saturated heterocycles. The average Bonchev–Trinajstić information content (AvgIpc) is 2.62. The number of hydrogen-bond donors (Lipinski definition) is 1. The molecule has 0 saturated carbocycles. The van der Waals surface area contributed by atoms with Crippen molar-refractivity contribution in [1.82, 2.24) is 4.90 Å². The highest BCUT2D eigenvalue weighted by molar-refractivity contribution is 9.10. The van der Waals surface area contributed by atoms with Crippen LogP contribution < -0.4 is 0 Å². The van der Waals surface area contributed by atoms with Crippen LogP contribution in [0.2, 0.25) is 0 Å². The molecule has 0 bridgehead atoms. The number of nitrogens with zero attached hydrogens (tertiary/aromatic N) is 1. The molecule has 0 amide bonds. The van der Waals surface area contributed by atoms with Gasteiger partial charge < -0.3 is 10.0 Å². The van der Waals surface area contributed by atoms with E-state index in [-0.39, 0.29) is 0 Å². The summed E-state index contributed by atoms with van der Waals surface area (Å²) in [5.41, 5.74) is 1.04. The summed E-state index contributed by atoms with van der Waals surface area (Å²) in [6.07, 6.45) is 7.00. The Labute approximate surface area is 161 Å². The van der Waals surface area contributed by atoms with Crippen molar-refractivity contribution in [3.63, 3.8) is 0 Å². The van der Waals surface area contributed by atoms with E-state index in [1.54, 1.807) is 0 Å². The maximum Gasteiger partial charge on any atom is 0.0922 e. The molecule has 0 radical (unpaired) electrons. The van der Waals surface area contributed by atoms with Gasteiger partial charge in [-0.3, -0.25) is 0 Å². The molecule has 0 fully saturated rings. The number of aliphatic hydroxyl groups excluding tert-OH is 1. The van der Waals surface area contributed by atoms with E-state index in [1.807, 2.05) is 12.1 Å². The highest BCUT2D eigenvalue weighted by atomic mass is 79.9. The second-order valence-electron chi connectivity index (χ2n) is 6.91. The Bertz CT molecular complexity index is 633. The highest BCUT2D eigenvalue weighted by Gasteiger charge is 2.16. The first-order chi connectivity index (χ1) is 12.2. The quantitative estimate of drug-likeness (QED) is 0.442. The molecule has 0 aliphatic heterocycles. The maximum absolute atomic E-state index is 10.9. The average molecular weight is 406 g/mol. The van der Waals surface area contributed by atoms with Crippen molar-refractivity contribution < 1.29 is 5.11 Å². The van der Waals surface area contributed by atoms with Gasteiger partial charge in [-0.05, 0) is 48.3 Å². The van der Waals surface area contributed by atoms with Crippen molar-refractivity contribution >= 4 is 26.7 Å². The molecule has 2 aromatic carbocycles. The summed E-state index contributed by atoms with van der Waals surface area (Å²) in [5, 5.41) is 13.2. The van der Waals surface area contributed by atoms with Gasteiger partial charge in [-0.15, -0.1) is 0 Å². The summed E-state index contributed by atoms with van der Waals surface area (Å²) in [6, 6.07) is 12.4. The first-order valence-electron chi connectivity index (χ1n) is 9.75. The van der Waals surface area contributed by atoms with E-state index in [1.165, 1.54) is 43.9 Å². The van der Waals surface area contributed by atoms with Crippen LogP contribution >= 0.6 is 15.9 Å². The second-order valence-corrected chi connectivity index (χ2v) is 7.77. The number of aliphatic hydroxyl groups is 1. The van der Waals surface area contributed by atoms with Crippen LogP contribution in [0.4, 0.5) is 0 Å². The molecule has 0 heterocycles. The fraction of sp³-hybridized carbons (Fsp3) is 0.545. The minimum atomic E-state index is -0.443. The summed E-state index contributed by atoms with van der Waals surface area (Å²) in [6.45, 7) is 7.37. The number of halogens is 1. The van der Waals surface area contributed by atoms with Gasteiger partial charge in [0, 0.05) is 11.0 Å². The molecule has 1 atom stereocenters. The predicted molar refractivity (Wildman–Crippen MR) is 112 cm³/mol. The SMILES string of the molecule is CCCCCN(CCCCC)CC(O)c1ccc(Br)c2ccccc12. The minimum absolute atomic E-state index is 0.443. The van der Waals surface area contributed by atoms with Crippen LogP contribution in [-0.4, -0.2) is 29.6 Å². The van der Waals surface area contributed by atoms with Crippen LogP contribution in [0.3, 0.4) is 0 Å². The van der Waals surface area contributed by atoms with Crippen LogP contribution in [0, 0.1) is 0 Å². The molecular weight excluding hydrogens is 374 g/mol. The van der Waals surface area contributed by atoms with Crippen molar-refractivity contribution in [3.05, 3.63) is 46.4 Å². The lowest BCUT2D eigenvalue weighted by Crippen LogP contribution is -2.31. The van der Waals surface area contributed by atoms with E-state index in [0.29, 0.717) is 0 Å².